The number of aromatic nitrogens is 2. The van der Waals surface area contributed by atoms with Gasteiger partial charge in [0.2, 0.25) is 5.91 Å². The predicted molar refractivity (Wildman–Crippen MR) is 115 cm³/mol. The van der Waals surface area contributed by atoms with E-state index in [1.165, 1.54) is 7.11 Å². The second-order valence-corrected chi connectivity index (χ2v) is 8.86. The molecule has 1 aromatic carbocycles. The van der Waals surface area contributed by atoms with Gasteiger partial charge in [-0.2, -0.15) is 0 Å². The Morgan fingerprint density at radius 3 is 2.25 bits per heavy atom. The number of hydrogen-bond acceptors (Lipinski definition) is 6. The Bertz CT molecular complexity index is 1060. The van der Waals surface area contributed by atoms with Crippen molar-refractivity contribution in [3.05, 3.63) is 41.5 Å². The highest BCUT2D eigenvalue weighted by atomic mass is 19.1. The van der Waals surface area contributed by atoms with Gasteiger partial charge in [0.05, 0.1) is 19.5 Å². The summed E-state index contributed by atoms with van der Waals surface area (Å²) in [5.74, 6) is -0.842. The fourth-order valence-electron chi connectivity index (χ4n) is 5.05. The van der Waals surface area contributed by atoms with Crippen molar-refractivity contribution in [3.63, 3.8) is 0 Å². The van der Waals surface area contributed by atoms with Crippen molar-refractivity contribution in [1.82, 2.24) is 14.9 Å². The number of benzene rings is 1. The fraction of sp³-hybridized carbons (Fsp3) is 0.458. The molecule has 168 valence electrons. The number of rotatable bonds is 3. The maximum atomic E-state index is 13.3. The molecule has 7 nitrogen and oxygen atoms in total. The molecule has 4 rings (SSSR count). The van der Waals surface area contributed by atoms with Crippen molar-refractivity contribution < 1.29 is 23.5 Å². The van der Waals surface area contributed by atoms with Gasteiger partial charge < -0.3 is 9.64 Å². The summed E-state index contributed by atoms with van der Waals surface area (Å²) in [6.45, 7) is 4.52. The van der Waals surface area contributed by atoms with Crippen molar-refractivity contribution in [1.29, 1.82) is 0 Å². The molecule has 1 amide bonds. The van der Waals surface area contributed by atoms with E-state index in [9.17, 15) is 18.8 Å². The van der Waals surface area contributed by atoms with Crippen LogP contribution < -0.4 is 4.74 Å². The molecule has 2 heterocycles. The normalized spacial score (nSPS) is 18.8. The lowest BCUT2D eigenvalue weighted by Crippen LogP contribution is -2.48. The van der Waals surface area contributed by atoms with Crippen molar-refractivity contribution >= 4 is 17.5 Å². The van der Waals surface area contributed by atoms with Crippen LogP contribution in [0.3, 0.4) is 0 Å². The predicted octanol–water partition coefficient (Wildman–Crippen LogP) is 3.24. The molecule has 0 atom stereocenters. The molecule has 0 N–H and O–H groups in total. The van der Waals surface area contributed by atoms with E-state index in [1.807, 2.05) is 6.92 Å². The molecule has 1 spiro atoms. The van der Waals surface area contributed by atoms with E-state index in [-0.39, 0.29) is 22.9 Å². The molecule has 0 unspecified atom stereocenters. The van der Waals surface area contributed by atoms with Crippen LogP contribution >= 0.6 is 0 Å². The van der Waals surface area contributed by atoms with Crippen molar-refractivity contribution in [2.24, 2.45) is 5.41 Å². The van der Waals surface area contributed by atoms with E-state index >= 15 is 0 Å². The number of likely N-dealkylation sites (tertiary alicyclic amines) is 1. The second-order valence-electron chi connectivity index (χ2n) is 8.86. The van der Waals surface area contributed by atoms with Gasteiger partial charge in [-0.25, -0.2) is 14.4 Å². The molecular weight excluding hydrogens is 413 g/mol. The Morgan fingerprint density at radius 1 is 1.12 bits per heavy atom. The zero-order valence-corrected chi connectivity index (χ0v) is 18.5. The van der Waals surface area contributed by atoms with Gasteiger partial charge >= 0.3 is 0 Å². The number of Topliss-reactive ketones (excluding diaryl/α,β-unsaturated/α-hetero) is 2. The molecule has 0 radical (unpaired) electrons. The minimum Gasteiger partial charge on any atom is -0.496 e. The molecule has 1 aromatic heterocycles. The summed E-state index contributed by atoms with van der Waals surface area (Å²) in [6, 6.07) is 3.48. The largest absolute Gasteiger partial charge is 0.496 e. The summed E-state index contributed by atoms with van der Waals surface area (Å²) in [4.78, 5) is 48.0. The third-order valence-electron chi connectivity index (χ3n) is 6.75. The quantitative estimate of drug-likeness (QED) is 0.682. The molecule has 8 heteroatoms. The highest BCUT2D eigenvalue weighted by Crippen LogP contribution is 2.48. The monoisotopic (exact) mass is 439 g/mol. The molecule has 2 aromatic rings. The molecule has 1 aliphatic carbocycles. The fourth-order valence-corrected chi connectivity index (χ4v) is 5.05. The minimum atomic E-state index is -0.871. The van der Waals surface area contributed by atoms with E-state index in [0.717, 1.165) is 18.0 Å². The molecule has 0 bridgehead atoms. The number of amides is 1. The minimum absolute atomic E-state index is 0.0248. The van der Waals surface area contributed by atoms with Crippen LogP contribution in [0.5, 0.6) is 5.75 Å². The lowest BCUT2D eigenvalue weighted by atomic mass is 9.63. The highest BCUT2D eigenvalue weighted by Gasteiger charge is 2.48. The number of halogens is 1. The molecule has 32 heavy (non-hydrogen) atoms. The molecule has 2 fully saturated rings. The highest BCUT2D eigenvalue weighted by molar-refractivity contribution is 6.11. The topological polar surface area (TPSA) is 89.5 Å². The lowest BCUT2D eigenvalue weighted by Gasteiger charge is -2.44. The number of piperidine rings is 1. The van der Waals surface area contributed by atoms with Gasteiger partial charge in [0.25, 0.3) is 0 Å². The van der Waals surface area contributed by atoms with Crippen LogP contribution in [-0.4, -0.2) is 52.5 Å². The molecule has 1 saturated heterocycles. The average molecular weight is 439 g/mol. The van der Waals surface area contributed by atoms with Gasteiger partial charge in [0.15, 0.2) is 11.6 Å². The Kier molecular flexibility index (Phi) is 5.79. The van der Waals surface area contributed by atoms with Gasteiger partial charge in [-0.3, -0.25) is 14.4 Å². The first-order valence-corrected chi connectivity index (χ1v) is 10.7. The van der Waals surface area contributed by atoms with E-state index in [0.29, 0.717) is 61.5 Å². The average Bonchev–Trinajstić information content (AvgIpc) is 2.75. The van der Waals surface area contributed by atoms with Crippen LogP contribution in [0.2, 0.25) is 0 Å². The van der Waals surface area contributed by atoms with Crippen LogP contribution in [0, 0.1) is 18.2 Å². The summed E-state index contributed by atoms with van der Waals surface area (Å²) in [6.07, 6.45) is 4.13. The van der Waals surface area contributed by atoms with Crippen molar-refractivity contribution in [2.45, 2.75) is 45.4 Å². The number of carbonyl (C=O) groups excluding carboxylic acids is 3. The molecule has 1 aliphatic heterocycles. The van der Waals surface area contributed by atoms with Gasteiger partial charge in [0, 0.05) is 44.0 Å². The Hall–Kier alpha value is -3.16. The summed E-state index contributed by atoms with van der Waals surface area (Å²) in [5.41, 5.74) is 1.55. The van der Waals surface area contributed by atoms with Crippen LogP contribution in [0.25, 0.3) is 11.4 Å². The number of ether oxygens (including phenoxy) is 1. The molecule has 1 saturated carbocycles. The van der Waals surface area contributed by atoms with Gasteiger partial charge in [-0.15, -0.1) is 0 Å². The number of methoxy groups -OCH3 is 1. The Balaban J connectivity index is 1.62. The van der Waals surface area contributed by atoms with Crippen molar-refractivity contribution in [2.75, 3.05) is 20.2 Å². The summed E-state index contributed by atoms with van der Waals surface area (Å²) in [7, 11) is 1.49. The standard InChI is InChI=1S/C24H26FN3O4/c1-14-8-16(23-26-12-17(25)13-27-23)9-20(32-3)21(14)22-18(30)10-24(11-19(22)31)4-6-28(7-5-24)15(2)29/h8-9,12-13,22H,4-7,10-11H2,1-3H3. The number of hydrogen-bond donors (Lipinski definition) is 0. The van der Waals surface area contributed by atoms with Crippen LogP contribution in [0.1, 0.15) is 49.7 Å². The Morgan fingerprint density at radius 2 is 1.72 bits per heavy atom. The van der Waals surface area contributed by atoms with Gasteiger partial charge in [-0.1, -0.05) is 0 Å². The molecule has 2 aliphatic rings. The summed E-state index contributed by atoms with van der Waals surface area (Å²) >= 11 is 0. The smallest absolute Gasteiger partial charge is 0.219 e. The third-order valence-corrected chi connectivity index (χ3v) is 6.75. The maximum absolute atomic E-state index is 13.3. The Labute approximate surface area is 186 Å². The van der Waals surface area contributed by atoms with Gasteiger partial charge in [-0.05, 0) is 42.9 Å². The SMILES string of the molecule is COc1cc(-c2ncc(F)cn2)cc(C)c1C1C(=O)CC2(CCN(C(C)=O)CC2)CC1=O. The van der Waals surface area contributed by atoms with Crippen LogP contribution in [-0.2, 0) is 14.4 Å². The lowest BCUT2D eigenvalue weighted by molar-refractivity contribution is -0.139. The van der Waals surface area contributed by atoms with Gasteiger partial charge in [0.1, 0.15) is 23.2 Å². The number of carbonyl (C=O) groups is 3. The second kappa shape index (κ2) is 8.41. The van der Waals surface area contributed by atoms with Crippen LogP contribution in [0.4, 0.5) is 4.39 Å². The van der Waals surface area contributed by atoms with E-state index in [1.54, 1.807) is 24.0 Å². The van der Waals surface area contributed by atoms with E-state index < -0.39 is 11.7 Å². The zero-order valence-electron chi connectivity index (χ0n) is 18.5. The summed E-state index contributed by atoms with van der Waals surface area (Å²) < 4.78 is 18.7. The first kappa shape index (κ1) is 22.0. The number of ketones is 2. The third kappa shape index (κ3) is 4.01. The summed E-state index contributed by atoms with van der Waals surface area (Å²) in [5, 5.41) is 0. The zero-order chi connectivity index (χ0) is 23.0. The first-order chi connectivity index (χ1) is 15.2. The van der Waals surface area contributed by atoms with Crippen molar-refractivity contribution in [3.8, 4) is 17.1 Å². The number of nitrogens with zero attached hydrogens (tertiary/aromatic N) is 3. The molecular formula is C24H26FN3O4. The van der Waals surface area contributed by atoms with E-state index in [4.69, 9.17) is 4.74 Å². The van der Waals surface area contributed by atoms with Crippen LogP contribution in [0.15, 0.2) is 24.5 Å². The van der Waals surface area contributed by atoms with E-state index in [2.05, 4.69) is 9.97 Å². The first-order valence-electron chi connectivity index (χ1n) is 10.7. The number of aryl methyl sites for hydroxylation is 1. The maximum Gasteiger partial charge on any atom is 0.219 e.